The van der Waals surface area contributed by atoms with Crippen molar-refractivity contribution < 1.29 is 19.1 Å². The van der Waals surface area contributed by atoms with Crippen LogP contribution in [0.1, 0.15) is 6.92 Å². The van der Waals surface area contributed by atoms with Crippen LogP contribution in [0.4, 0.5) is 21.9 Å². The van der Waals surface area contributed by atoms with E-state index in [0.29, 0.717) is 28.6 Å². The number of hydrogen-bond donors (Lipinski definition) is 3. The normalized spacial score (nSPS) is 9.79. The van der Waals surface area contributed by atoms with Gasteiger partial charge in [0.25, 0.3) is 0 Å². The van der Waals surface area contributed by atoms with Crippen LogP contribution in [0.3, 0.4) is 0 Å². The summed E-state index contributed by atoms with van der Waals surface area (Å²) in [4.78, 5) is 23.2. The Morgan fingerprint density at radius 3 is 1.88 bits per heavy atom. The largest absolute Gasteiger partial charge is 0.497 e. The van der Waals surface area contributed by atoms with E-state index in [1.54, 1.807) is 42.5 Å². The maximum Gasteiger partial charge on any atom is 0.323 e. The molecular weight excluding hydrogens is 310 g/mol. The van der Waals surface area contributed by atoms with Gasteiger partial charge < -0.3 is 25.4 Å². The molecular formula is C17H19N3O4. The molecule has 0 fully saturated rings. The summed E-state index contributed by atoms with van der Waals surface area (Å²) in [6.07, 6.45) is 0. The molecule has 0 saturated carbocycles. The van der Waals surface area contributed by atoms with Crippen molar-refractivity contribution in [2.75, 3.05) is 30.2 Å². The number of ether oxygens (including phenoxy) is 2. The predicted octanol–water partition coefficient (Wildman–Crippen LogP) is 3.31. The van der Waals surface area contributed by atoms with Gasteiger partial charge >= 0.3 is 6.03 Å². The van der Waals surface area contributed by atoms with E-state index in [9.17, 15) is 9.59 Å². The average molecular weight is 329 g/mol. The van der Waals surface area contributed by atoms with Crippen LogP contribution in [0.5, 0.6) is 11.5 Å². The summed E-state index contributed by atoms with van der Waals surface area (Å²) >= 11 is 0. The fraction of sp³-hybridized carbons (Fsp3) is 0.176. The summed E-state index contributed by atoms with van der Waals surface area (Å²) in [5.41, 5.74) is 1.68. The Kier molecular flexibility index (Phi) is 5.62. The van der Waals surface area contributed by atoms with Crippen molar-refractivity contribution in [1.82, 2.24) is 0 Å². The van der Waals surface area contributed by atoms with Gasteiger partial charge in [0.15, 0.2) is 0 Å². The number of urea groups is 1. The van der Waals surface area contributed by atoms with Gasteiger partial charge in [0, 0.05) is 42.2 Å². The zero-order valence-electron chi connectivity index (χ0n) is 13.7. The second kappa shape index (κ2) is 7.87. The smallest absolute Gasteiger partial charge is 0.323 e. The first kappa shape index (κ1) is 17.1. The highest BCUT2D eigenvalue weighted by atomic mass is 16.5. The lowest BCUT2D eigenvalue weighted by atomic mass is 10.2. The van der Waals surface area contributed by atoms with Crippen molar-refractivity contribution in [2.45, 2.75) is 6.92 Å². The van der Waals surface area contributed by atoms with Crippen LogP contribution in [-0.2, 0) is 4.79 Å². The molecule has 0 atom stereocenters. The van der Waals surface area contributed by atoms with E-state index in [1.807, 2.05) is 0 Å². The summed E-state index contributed by atoms with van der Waals surface area (Å²) < 4.78 is 10.3. The van der Waals surface area contributed by atoms with E-state index in [0.717, 1.165) is 0 Å². The zero-order chi connectivity index (χ0) is 17.5. The van der Waals surface area contributed by atoms with E-state index in [-0.39, 0.29) is 5.91 Å². The molecule has 3 N–H and O–H groups in total. The molecule has 0 bridgehead atoms. The third-order valence-corrected chi connectivity index (χ3v) is 3.05. The average Bonchev–Trinajstić information content (AvgIpc) is 2.53. The van der Waals surface area contributed by atoms with Crippen LogP contribution in [0.2, 0.25) is 0 Å². The molecule has 3 amide bonds. The van der Waals surface area contributed by atoms with Gasteiger partial charge in [-0.1, -0.05) is 6.07 Å². The van der Waals surface area contributed by atoms with Crippen molar-refractivity contribution in [3.05, 3.63) is 42.5 Å². The monoisotopic (exact) mass is 329 g/mol. The Labute approximate surface area is 140 Å². The van der Waals surface area contributed by atoms with Crippen LogP contribution in [0.25, 0.3) is 0 Å². The van der Waals surface area contributed by atoms with Gasteiger partial charge in [-0.3, -0.25) is 4.79 Å². The molecule has 0 heterocycles. The Bertz CT molecular complexity index is 724. The number of nitrogens with one attached hydrogen (secondary N) is 3. The molecule has 0 aliphatic heterocycles. The van der Waals surface area contributed by atoms with Gasteiger partial charge in [0.2, 0.25) is 5.91 Å². The standard InChI is InChI=1S/C17H19N3O4/c1-11(21)18-12-5-4-6-13(7-12)19-17(22)20-14-8-15(23-2)10-16(9-14)24-3/h4-10H,1-3H3,(H,18,21)(H2,19,20,22). The number of amides is 3. The van der Waals surface area contributed by atoms with E-state index in [2.05, 4.69) is 16.0 Å². The van der Waals surface area contributed by atoms with Crippen molar-refractivity contribution in [2.24, 2.45) is 0 Å². The van der Waals surface area contributed by atoms with Crippen LogP contribution < -0.4 is 25.4 Å². The Morgan fingerprint density at radius 1 is 0.792 bits per heavy atom. The minimum Gasteiger partial charge on any atom is -0.497 e. The van der Waals surface area contributed by atoms with Crippen LogP contribution in [-0.4, -0.2) is 26.2 Å². The lowest BCUT2D eigenvalue weighted by molar-refractivity contribution is -0.114. The Morgan fingerprint density at radius 2 is 1.33 bits per heavy atom. The molecule has 0 radical (unpaired) electrons. The second-order valence-corrected chi connectivity index (χ2v) is 4.94. The molecule has 0 aliphatic carbocycles. The molecule has 0 unspecified atom stereocenters. The summed E-state index contributed by atoms with van der Waals surface area (Å²) in [5, 5.41) is 8.05. The number of benzene rings is 2. The molecule has 0 spiro atoms. The first-order chi connectivity index (χ1) is 11.5. The fourth-order valence-corrected chi connectivity index (χ4v) is 2.05. The fourth-order valence-electron chi connectivity index (χ4n) is 2.05. The summed E-state index contributed by atoms with van der Waals surface area (Å²) in [7, 11) is 3.07. The molecule has 7 heteroatoms. The van der Waals surface area contributed by atoms with E-state index >= 15 is 0 Å². The lowest BCUT2D eigenvalue weighted by Crippen LogP contribution is -2.19. The Hall–Kier alpha value is -3.22. The summed E-state index contributed by atoms with van der Waals surface area (Å²) in [5.74, 6) is 0.953. The van der Waals surface area contributed by atoms with E-state index < -0.39 is 6.03 Å². The van der Waals surface area contributed by atoms with Gasteiger partial charge in [-0.15, -0.1) is 0 Å². The minimum absolute atomic E-state index is 0.180. The maximum atomic E-state index is 12.1. The van der Waals surface area contributed by atoms with Gasteiger partial charge in [0.05, 0.1) is 14.2 Å². The number of hydrogen-bond acceptors (Lipinski definition) is 4. The van der Waals surface area contributed by atoms with Crippen molar-refractivity contribution in [3.8, 4) is 11.5 Å². The summed E-state index contributed by atoms with van der Waals surface area (Å²) in [6.45, 7) is 1.42. The van der Waals surface area contributed by atoms with Crippen LogP contribution >= 0.6 is 0 Å². The molecule has 0 saturated heterocycles. The van der Waals surface area contributed by atoms with Gasteiger partial charge in [-0.2, -0.15) is 0 Å². The van der Waals surface area contributed by atoms with E-state index in [4.69, 9.17) is 9.47 Å². The van der Waals surface area contributed by atoms with Crippen molar-refractivity contribution in [3.63, 3.8) is 0 Å². The quantitative estimate of drug-likeness (QED) is 0.785. The summed E-state index contributed by atoms with van der Waals surface area (Å²) in [6, 6.07) is 11.5. The highest BCUT2D eigenvalue weighted by molar-refractivity contribution is 6.00. The molecule has 24 heavy (non-hydrogen) atoms. The third kappa shape index (κ3) is 4.91. The van der Waals surface area contributed by atoms with Gasteiger partial charge in [0.1, 0.15) is 11.5 Å². The Balaban J connectivity index is 2.07. The zero-order valence-corrected chi connectivity index (χ0v) is 13.7. The van der Waals surface area contributed by atoms with Crippen LogP contribution in [0, 0.1) is 0 Å². The second-order valence-electron chi connectivity index (χ2n) is 4.94. The number of carbonyl (C=O) groups excluding carboxylic acids is 2. The van der Waals surface area contributed by atoms with Crippen molar-refractivity contribution >= 4 is 29.0 Å². The van der Waals surface area contributed by atoms with Gasteiger partial charge in [-0.05, 0) is 18.2 Å². The number of carbonyl (C=O) groups is 2. The maximum absolute atomic E-state index is 12.1. The topological polar surface area (TPSA) is 88.7 Å². The SMILES string of the molecule is COc1cc(NC(=O)Nc2cccc(NC(C)=O)c2)cc(OC)c1. The third-order valence-electron chi connectivity index (χ3n) is 3.05. The predicted molar refractivity (Wildman–Crippen MR) is 92.9 cm³/mol. The molecule has 126 valence electrons. The number of rotatable bonds is 5. The molecule has 7 nitrogen and oxygen atoms in total. The highest BCUT2D eigenvalue weighted by Crippen LogP contribution is 2.26. The molecule has 0 aliphatic rings. The number of anilines is 3. The first-order valence-corrected chi connectivity index (χ1v) is 7.19. The molecule has 2 aromatic carbocycles. The van der Waals surface area contributed by atoms with Crippen molar-refractivity contribution in [1.29, 1.82) is 0 Å². The van der Waals surface area contributed by atoms with E-state index in [1.165, 1.54) is 21.1 Å². The lowest BCUT2D eigenvalue weighted by Gasteiger charge is -2.11. The van der Waals surface area contributed by atoms with Crippen LogP contribution in [0.15, 0.2) is 42.5 Å². The molecule has 2 rings (SSSR count). The molecule has 0 aromatic heterocycles. The highest BCUT2D eigenvalue weighted by Gasteiger charge is 2.07. The first-order valence-electron chi connectivity index (χ1n) is 7.19. The molecule has 2 aromatic rings. The minimum atomic E-state index is -0.426. The number of methoxy groups -OCH3 is 2. The van der Waals surface area contributed by atoms with Gasteiger partial charge in [-0.25, -0.2) is 4.79 Å².